The molecule has 2 aromatic rings. The monoisotopic (exact) mass is 577 g/mol. The molecule has 3 amide bonds. The maximum Gasteiger partial charge on any atom is 0.414 e. The first-order valence-electron chi connectivity index (χ1n) is 13.7. The van der Waals surface area contributed by atoms with Crippen molar-refractivity contribution in [2.24, 2.45) is 5.92 Å². The minimum atomic E-state index is -3.16. The summed E-state index contributed by atoms with van der Waals surface area (Å²) in [6.45, 7) is 5.81. The van der Waals surface area contributed by atoms with Crippen molar-refractivity contribution in [2.75, 3.05) is 57.1 Å². The van der Waals surface area contributed by atoms with Crippen LogP contribution in [0.4, 0.5) is 30.1 Å². The summed E-state index contributed by atoms with van der Waals surface area (Å²) in [5, 5.41) is 5.35. The molecule has 0 unspecified atom stereocenters. The molecule has 0 aromatic carbocycles. The fourth-order valence-electron chi connectivity index (χ4n) is 4.91. The quantitative estimate of drug-likeness (QED) is 0.482. The number of likely N-dealkylation sites (tertiary alicyclic amines) is 1. The summed E-state index contributed by atoms with van der Waals surface area (Å²) in [5.74, 6) is -2.32. The normalized spacial score (nSPS) is 20.1. The summed E-state index contributed by atoms with van der Waals surface area (Å²) in [6, 6.07) is -0.906. The van der Waals surface area contributed by atoms with Gasteiger partial charge in [0.15, 0.2) is 5.82 Å². The molecular formula is C26H37F2N9O4. The zero-order valence-electron chi connectivity index (χ0n) is 23.7. The van der Waals surface area contributed by atoms with Gasteiger partial charge in [0.1, 0.15) is 6.04 Å². The van der Waals surface area contributed by atoms with Crippen LogP contribution in [0.25, 0.3) is 0 Å². The van der Waals surface area contributed by atoms with E-state index in [1.165, 1.54) is 36.6 Å². The highest BCUT2D eigenvalue weighted by molar-refractivity contribution is 5.88. The minimum absolute atomic E-state index is 0.00265. The predicted octanol–water partition coefficient (Wildman–Crippen LogP) is 2.86. The molecule has 15 heteroatoms. The Kier molecular flexibility index (Phi) is 9.68. The number of ether oxygens (including phenoxy) is 2. The van der Waals surface area contributed by atoms with Gasteiger partial charge in [-0.05, 0) is 52.7 Å². The Labute approximate surface area is 237 Å². The number of carbonyl (C=O) groups excluding carboxylic acids is 2. The average molecular weight is 578 g/mol. The number of urea groups is 1. The van der Waals surface area contributed by atoms with Crippen LogP contribution in [-0.4, -0.2) is 107 Å². The molecule has 2 aliphatic heterocycles. The lowest BCUT2D eigenvalue weighted by Gasteiger charge is -2.42. The van der Waals surface area contributed by atoms with Gasteiger partial charge in [-0.3, -0.25) is 5.32 Å². The van der Waals surface area contributed by atoms with Gasteiger partial charge in [0.05, 0.1) is 19.0 Å². The van der Waals surface area contributed by atoms with Gasteiger partial charge in [0, 0.05) is 44.9 Å². The second-order valence-corrected chi connectivity index (χ2v) is 10.3. The molecule has 4 rings (SSSR count). The van der Waals surface area contributed by atoms with Crippen LogP contribution < -0.4 is 25.0 Å². The van der Waals surface area contributed by atoms with Gasteiger partial charge in [-0.2, -0.15) is 4.98 Å². The number of amides is 3. The van der Waals surface area contributed by atoms with Crippen molar-refractivity contribution in [2.45, 2.75) is 51.1 Å². The van der Waals surface area contributed by atoms with Crippen molar-refractivity contribution < 1.29 is 27.8 Å². The van der Waals surface area contributed by atoms with E-state index in [9.17, 15) is 18.4 Å². The summed E-state index contributed by atoms with van der Waals surface area (Å²) in [4.78, 5) is 46.6. The van der Waals surface area contributed by atoms with E-state index in [2.05, 4.69) is 42.5 Å². The first-order valence-corrected chi connectivity index (χ1v) is 13.7. The molecular weight excluding hydrogens is 540 g/mol. The van der Waals surface area contributed by atoms with Gasteiger partial charge < -0.3 is 29.5 Å². The van der Waals surface area contributed by atoms with Crippen molar-refractivity contribution in [1.82, 2.24) is 35.1 Å². The van der Waals surface area contributed by atoms with Crippen LogP contribution in [0.15, 0.2) is 24.7 Å². The first kappa shape index (κ1) is 30.1. The Morgan fingerprint density at radius 3 is 2.61 bits per heavy atom. The maximum absolute atomic E-state index is 15.0. The molecule has 224 valence electrons. The van der Waals surface area contributed by atoms with Crippen LogP contribution in [0.1, 0.15) is 33.1 Å². The molecule has 2 saturated heterocycles. The molecule has 2 atom stereocenters. The number of hydrogen-bond donors (Lipinski definition) is 2. The van der Waals surface area contributed by atoms with Crippen LogP contribution in [0.2, 0.25) is 0 Å². The molecule has 2 aromatic heterocycles. The van der Waals surface area contributed by atoms with E-state index in [-0.39, 0.29) is 42.7 Å². The van der Waals surface area contributed by atoms with Crippen LogP contribution in [0.5, 0.6) is 11.8 Å². The molecule has 0 aliphatic carbocycles. The molecule has 2 aliphatic rings. The number of halogens is 2. The number of hydrogen-bond acceptors (Lipinski definition) is 10. The Morgan fingerprint density at radius 1 is 1.17 bits per heavy atom. The molecule has 0 spiro atoms. The SMILES string of the molecule is CCOc1cnc(NC(=O)N(C)[C@H]2CN(c3nccc(OC(=O)N[C@@H](C)C4CCN(C)CC4)n3)CCC2(F)F)cn1. The van der Waals surface area contributed by atoms with Gasteiger partial charge in [-0.1, -0.05) is 0 Å². The molecule has 0 radical (unpaired) electrons. The summed E-state index contributed by atoms with van der Waals surface area (Å²) in [7, 11) is 3.36. The smallest absolute Gasteiger partial charge is 0.414 e. The van der Waals surface area contributed by atoms with E-state index in [0.29, 0.717) is 12.5 Å². The van der Waals surface area contributed by atoms with Crippen molar-refractivity contribution in [1.29, 1.82) is 0 Å². The van der Waals surface area contributed by atoms with E-state index in [1.807, 2.05) is 6.92 Å². The summed E-state index contributed by atoms with van der Waals surface area (Å²) < 4.78 is 40.6. The number of nitrogens with one attached hydrogen (secondary N) is 2. The lowest BCUT2D eigenvalue weighted by atomic mass is 9.91. The molecule has 41 heavy (non-hydrogen) atoms. The molecule has 0 saturated carbocycles. The van der Waals surface area contributed by atoms with Crippen molar-refractivity contribution in [3.63, 3.8) is 0 Å². The molecule has 13 nitrogen and oxygen atoms in total. The standard InChI is InChI=1S/C26H37F2N9O4/c1-5-40-22-15-30-20(14-31-22)33-24(38)36(4)19-16-37(13-9-26(19,27)28)23-29-10-6-21(34-23)41-25(39)32-17(2)18-7-11-35(3)12-8-18/h6,10,14-15,17-19H,5,7-9,11-13,16H2,1-4H3,(H,32,39)(H,30,33,38)/t17-,19-/m0/s1. The topological polar surface area (TPSA) is 138 Å². The van der Waals surface area contributed by atoms with E-state index < -0.39 is 30.5 Å². The van der Waals surface area contributed by atoms with E-state index >= 15 is 0 Å². The van der Waals surface area contributed by atoms with Gasteiger partial charge in [-0.25, -0.2) is 33.3 Å². The second kappa shape index (κ2) is 13.2. The highest BCUT2D eigenvalue weighted by Gasteiger charge is 2.48. The molecule has 2 fully saturated rings. The van der Waals surface area contributed by atoms with Crippen LogP contribution in [0, 0.1) is 5.92 Å². The number of anilines is 2. The van der Waals surface area contributed by atoms with Gasteiger partial charge in [0.2, 0.25) is 17.7 Å². The van der Waals surface area contributed by atoms with E-state index in [4.69, 9.17) is 9.47 Å². The number of carbonyl (C=O) groups is 2. The second-order valence-electron chi connectivity index (χ2n) is 10.3. The number of likely N-dealkylation sites (N-methyl/N-ethyl adjacent to an activating group) is 1. The zero-order chi connectivity index (χ0) is 29.6. The van der Waals surface area contributed by atoms with Crippen molar-refractivity contribution in [3.05, 3.63) is 24.7 Å². The molecule has 2 N–H and O–H groups in total. The highest BCUT2D eigenvalue weighted by Crippen LogP contribution is 2.33. The number of piperidine rings is 2. The maximum atomic E-state index is 15.0. The van der Waals surface area contributed by atoms with Gasteiger partial charge in [0.25, 0.3) is 5.92 Å². The van der Waals surface area contributed by atoms with Gasteiger partial charge >= 0.3 is 12.1 Å². The lowest BCUT2D eigenvalue weighted by molar-refractivity contribution is -0.0760. The lowest BCUT2D eigenvalue weighted by Crippen LogP contribution is -2.60. The van der Waals surface area contributed by atoms with Crippen LogP contribution in [0.3, 0.4) is 0 Å². The first-order chi connectivity index (χ1) is 19.6. The summed E-state index contributed by atoms with van der Waals surface area (Å²) >= 11 is 0. The van der Waals surface area contributed by atoms with Gasteiger partial charge in [-0.15, -0.1) is 0 Å². The fraction of sp³-hybridized carbons (Fsp3) is 0.615. The predicted molar refractivity (Wildman–Crippen MR) is 146 cm³/mol. The van der Waals surface area contributed by atoms with E-state index in [0.717, 1.165) is 30.8 Å². The van der Waals surface area contributed by atoms with Crippen molar-refractivity contribution >= 4 is 23.9 Å². The van der Waals surface area contributed by atoms with Crippen LogP contribution >= 0.6 is 0 Å². The van der Waals surface area contributed by atoms with Crippen molar-refractivity contribution in [3.8, 4) is 11.8 Å². The summed E-state index contributed by atoms with van der Waals surface area (Å²) in [6.07, 6.45) is 4.81. The number of aromatic nitrogens is 4. The molecule has 4 heterocycles. The fourth-order valence-corrected chi connectivity index (χ4v) is 4.91. The number of rotatable bonds is 8. The Morgan fingerprint density at radius 2 is 1.93 bits per heavy atom. The van der Waals surface area contributed by atoms with Crippen LogP contribution in [-0.2, 0) is 0 Å². The number of alkyl halides is 2. The Bertz CT molecular complexity index is 1180. The highest BCUT2D eigenvalue weighted by atomic mass is 19.3. The molecule has 0 bridgehead atoms. The third-order valence-electron chi connectivity index (χ3n) is 7.45. The Hall–Kier alpha value is -3.88. The third kappa shape index (κ3) is 7.86. The van der Waals surface area contributed by atoms with E-state index in [1.54, 1.807) is 6.92 Å². The summed E-state index contributed by atoms with van der Waals surface area (Å²) in [5.41, 5.74) is 0. The number of nitrogens with zero attached hydrogens (tertiary/aromatic N) is 7. The average Bonchev–Trinajstić information content (AvgIpc) is 2.94. The largest absolute Gasteiger partial charge is 0.477 e. The zero-order valence-corrected chi connectivity index (χ0v) is 23.7. The minimum Gasteiger partial charge on any atom is -0.477 e. The Balaban J connectivity index is 1.36. The third-order valence-corrected chi connectivity index (χ3v) is 7.45.